The summed E-state index contributed by atoms with van der Waals surface area (Å²) in [5.41, 5.74) is 2.56. The molecule has 3 heterocycles. The van der Waals surface area contributed by atoms with Gasteiger partial charge in [0.15, 0.2) is 5.88 Å². The zero-order valence-corrected chi connectivity index (χ0v) is 16.8. The summed E-state index contributed by atoms with van der Waals surface area (Å²) in [7, 11) is 0. The minimum atomic E-state index is 0.587. The van der Waals surface area contributed by atoms with Crippen LogP contribution in [-0.4, -0.2) is 34.5 Å². The summed E-state index contributed by atoms with van der Waals surface area (Å²) in [6.07, 6.45) is 9.66. The smallest absolute Gasteiger partial charge is 0.195 e. The minimum absolute atomic E-state index is 0.587. The topological polar surface area (TPSA) is 45.4 Å². The first-order valence-electron chi connectivity index (χ1n) is 10.7. The molecule has 0 unspecified atom stereocenters. The second-order valence-corrected chi connectivity index (χ2v) is 7.91. The van der Waals surface area contributed by atoms with E-state index in [1.54, 1.807) is 0 Å². The van der Waals surface area contributed by atoms with Crippen molar-refractivity contribution in [2.24, 2.45) is 0 Å². The van der Waals surface area contributed by atoms with Gasteiger partial charge in [-0.15, -0.1) is 0 Å². The van der Waals surface area contributed by atoms with E-state index < -0.39 is 0 Å². The van der Waals surface area contributed by atoms with Gasteiger partial charge < -0.3 is 9.32 Å². The number of furan rings is 1. The molecule has 2 aromatic heterocycles. The second kappa shape index (κ2) is 8.42. The zero-order valence-electron chi connectivity index (χ0n) is 16.8. The normalized spacial score (nSPS) is 18.4. The highest BCUT2D eigenvalue weighted by molar-refractivity contribution is 5.36. The third-order valence-electron chi connectivity index (χ3n) is 6.10. The first-order valence-corrected chi connectivity index (χ1v) is 10.7. The highest BCUT2D eigenvalue weighted by Gasteiger charge is 2.23. The van der Waals surface area contributed by atoms with E-state index in [1.165, 1.54) is 43.4 Å². The van der Waals surface area contributed by atoms with Gasteiger partial charge in [0.05, 0.1) is 6.54 Å². The molecule has 0 radical (unpaired) electrons. The lowest BCUT2D eigenvalue weighted by Crippen LogP contribution is -2.31. The summed E-state index contributed by atoms with van der Waals surface area (Å²) in [6, 6.07) is 4.21. The molecule has 0 saturated heterocycles. The molecule has 0 amide bonds. The molecular weight excluding hydrogens is 336 g/mol. The molecule has 1 aliphatic carbocycles. The standard InChI is InChI=1S/C22H32N4O/c1-3-26(4-2)21-11-10-19(27-21)16-25-13-12-20-18(15-25)14-23-22(24-20)17-8-6-5-7-9-17/h10-11,14,17H,3-9,12-13,15-16H2,1-2H3. The van der Waals surface area contributed by atoms with Gasteiger partial charge in [-0.1, -0.05) is 19.3 Å². The molecule has 2 aromatic rings. The maximum absolute atomic E-state index is 6.07. The summed E-state index contributed by atoms with van der Waals surface area (Å²) >= 11 is 0. The Kier molecular flexibility index (Phi) is 5.77. The number of rotatable bonds is 6. The van der Waals surface area contributed by atoms with E-state index in [0.29, 0.717) is 5.92 Å². The maximum atomic E-state index is 6.07. The maximum Gasteiger partial charge on any atom is 0.195 e. The molecule has 1 fully saturated rings. The van der Waals surface area contributed by atoms with Crippen molar-refractivity contribution in [3.8, 4) is 0 Å². The van der Waals surface area contributed by atoms with Gasteiger partial charge in [0.25, 0.3) is 0 Å². The van der Waals surface area contributed by atoms with Crippen LogP contribution in [0.2, 0.25) is 0 Å². The first kappa shape index (κ1) is 18.5. The van der Waals surface area contributed by atoms with Gasteiger partial charge in [-0.05, 0) is 32.8 Å². The van der Waals surface area contributed by atoms with Crippen LogP contribution in [0, 0.1) is 0 Å². The van der Waals surface area contributed by atoms with Gasteiger partial charge in [0.1, 0.15) is 11.6 Å². The Morgan fingerprint density at radius 1 is 1.15 bits per heavy atom. The van der Waals surface area contributed by atoms with E-state index in [2.05, 4.69) is 42.0 Å². The van der Waals surface area contributed by atoms with E-state index in [1.807, 2.05) is 0 Å². The van der Waals surface area contributed by atoms with Crippen LogP contribution in [-0.2, 0) is 19.5 Å². The van der Waals surface area contributed by atoms with E-state index >= 15 is 0 Å². The Balaban J connectivity index is 1.40. The summed E-state index contributed by atoms with van der Waals surface area (Å²) in [6.45, 7) is 9.08. The summed E-state index contributed by atoms with van der Waals surface area (Å²) in [5.74, 6) is 3.70. The average Bonchev–Trinajstić information content (AvgIpc) is 3.17. The number of anilines is 1. The molecule has 1 saturated carbocycles. The Morgan fingerprint density at radius 3 is 2.74 bits per heavy atom. The molecule has 5 nitrogen and oxygen atoms in total. The monoisotopic (exact) mass is 368 g/mol. The predicted molar refractivity (Wildman–Crippen MR) is 108 cm³/mol. The summed E-state index contributed by atoms with van der Waals surface area (Å²) in [5, 5.41) is 0. The first-order chi connectivity index (χ1) is 13.3. The van der Waals surface area contributed by atoms with Crippen molar-refractivity contribution in [2.45, 2.75) is 71.4 Å². The number of aromatic nitrogens is 2. The molecule has 0 aromatic carbocycles. The van der Waals surface area contributed by atoms with Crippen LogP contribution >= 0.6 is 0 Å². The lowest BCUT2D eigenvalue weighted by atomic mass is 9.88. The molecule has 0 spiro atoms. The van der Waals surface area contributed by atoms with E-state index in [-0.39, 0.29) is 0 Å². The van der Waals surface area contributed by atoms with Crippen LogP contribution in [0.5, 0.6) is 0 Å². The van der Waals surface area contributed by atoms with Crippen LogP contribution in [0.15, 0.2) is 22.7 Å². The van der Waals surface area contributed by atoms with Gasteiger partial charge in [-0.2, -0.15) is 0 Å². The molecule has 2 aliphatic rings. The SMILES string of the molecule is CCN(CC)c1ccc(CN2CCc3nc(C4CCCCC4)ncc3C2)o1. The van der Waals surface area contributed by atoms with E-state index in [9.17, 15) is 0 Å². The molecule has 5 heteroatoms. The van der Waals surface area contributed by atoms with Crippen molar-refractivity contribution in [2.75, 3.05) is 24.5 Å². The highest BCUT2D eigenvalue weighted by atomic mass is 16.4. The fourth-order valence-electron chi connectivity index (χ4n) is 4.46. The van der Waals surface area contributed by atoms with Gasteiger partial charge in [0.2, 0.25) is 0 Å². The van der Waals surface area contributed by atoms with Crippen molar-refractivity contribution in [1.29, 1.82) is 0 Å². The third-order valence-corrected chi connectivity index (χ3v) is 6.10. The fourth-order valence-corrected chi connectivity index (χ4v) is 4.46. The zero-order chi connectivity index (χ0) is 18.6. The molecule has 4 rings (SSSR count). The lowest BCUT2D eigenvalue weighted by Gasteiger charge is -2.28. The van der Waals surface area contributed by atoms with E-state index in [0.717, 1.165) is 56.6 Å². The van der Waals surface area contributed by atoms with Crippen molar-refractivity contribution in [3.63, 3.8) is 0 Å². The van der Waals surface area contributed by atoms with Gasteiger partial charge in [0, 0.05) is 62.0 Å². The Bertz CT molecular complexity index is 747. The van der Waals surface area contributed by atoms with Gasteiger partial charge in [-0.25, -0.2) is 9.97 Å². The number of nitrogens with zero attached hydrogens (tertiary/aromatic N) is 4. The summed E-state index contributed by atoms with van der Waals surface area (Å²) in [4.78, 5) is 14.4. The average molecular weight is 369 g/mol. The number of fused-ring (bicyclic) bond motifs is 1. The number of hydrogen-bond acceptors (Lipinski definition) is 5. The van der Waals surface area contributed by atoms with E-state index in [4.69, 9.17) is 14.4 Å². The molecular formula is C22H32N4O. The minimum Gasteiger partial charge on any atom is -0.444 e. The lowest BCUT2D eigenvalue weighted by molar-refractivity contribution is 0.223. The predicted octanol–water partition coefficient (Wildman–Crippen LogP) is 4.52. The molecule has 0 N–H and O–H groups in total. The van der Waals surface area contributed by atoms with Crippen LogP contribution < -0.4 is 4.90 Å². The van der Waals surface area contributed by atoms with Crippen molar-refractivity contribution in [1.82, 2.24) is 14.9 Å². The summed E-state index contributed by atoms with van der Waals surface area (Å²) < 4.78 is 6.07. The number of hydrogen-bond donors (Lipinski definition) is 0. The van der Waals surface area contributed by atoms with Crippen LogP contribution in [0.3, 0.4) is 0 Å². The van der Waals surface area contributed by atoms with Crippen LogP contribution in [0.25, 0.3) is 0 Å². The Labute approximate surface area is 162 Å². The molecule has 27 heavy (non-hydrogen) atoms. The second-order valence-electron chi connectivity index (χ2n) is 7.91. The Hall–Kier alpha value is -1.88. The Morgan fingerprint density at radius 2 is 1.96 bits per heavy atom. The van der Waals surface area contributed by atoms with Gasteiger partial charge >= 0.3 is 0 Å². The molecule has 1 aliphatic heterocycles. The highest BCUT2D eigenvalue weighted by Crippen LogP contribution is 2.31. The molecule has 0 atom stereocenters. The van der Waals surface area contributed by atoms with Crippen molar-refractivity contribution < 1.29 is 4.42 Å². The van der Waals surface area contributed by atoms with Crippen LogP contribution in [0.1, 0.15) is 74.7 Å². The largest absolute Gasteiger partial charge is 0.444 e. The molecule has 0 bridgehead atoms. The van der Waals surface area contributed by atoms with Gasteiger partial charge in [-0.3, -0.25) is 4.90 Å². The van der Waals surface area contributed by atoms with Crippen LogP contribution in [0.4, 0.5) is 5.88 Å². The third kappa shape index (κ3) is 4.18. The fraction of sp³-hybridized carbons (Fsp3) is 0.636. The van der Waals surface area contributed by atoms with Crippen molar-refractivity contribution in [3.05, 3.63) is 41.2 Å². The molecule has 146 valence electrons. The quantitative estimate of drug-likeness (QED) is 0.750. The van der Waals surface area contributed by atoms with Crippen molar-refractivity contribution >= 4 is 5.88 Å².